The van der Waals surface area contributed by atoms with Gasteiger partial charge in [0.1, 0.15) is 29.3 Å². The molecule has 2 heterocycles. The van der Waals surface area contributed by atoms with E-state index in [9.17, 15) is 10.1 Å². The van der Waals surface area contributed by atoms with Gasteiger partial charge in [0.15, 0.2) is 0 Å². The third-order valence-electron chi connectivity index (χ3n) is 2.13. The van der Waals surface area contributed by atoms with E-state index in [1.165, 1.54) is 18.5 Å². The van der Waals surface area contributed by atoms with E-state index in [-0.39, 0.29) is 22.8 Å². The van der Waals surface area contributed by atoms with Gasteiger partial charge in [-0.15, -0.1) is 0 Å². The van der Waals surface area contributed by atoms with E-state index in [1.54, 1.807) is 0 Å². The molecule has 17 heavy (non-hydrogen) atoms. The minimum atomic E-state index is -0.588. The maximum absolute atomic E-state index is 10.8. The number of hydrogen-bond acceptors (Lipinski definition) is 6. The monoisotopic (exact) mass is 230 g/mol. The topological polar surface area (TPSA) is 124 Å². The third kappa shape index (κ3) is 1.65. The third-order valence-corrected chi connectivity index (χ3v) is 2.13. The summed E-state index contributed by atoms with van der Waals surface area (Å²) in [5.41, 5.74) is 5.75. The van der Waals surface area contributed by atoms with Gasteiger partial charge in [0.25, 0.3) is 0 Å². The second-order valence-electron chi connectivity index (χ2n) is 3.09. The van der Waals surface area contributed by atoms with Crippen LogP contribution in [0.4, 0.5) is 11.5 Å². The van der Waals surface area contributed by atoms with E-state index in [0.29, 0.717) is 0 Å². The molecule has 0 fully saturated rings. The lowest BCUT2D eigenvalue weighted by atomic mass is 10.3. The van der Waals surface area contributed by atoms with Gasteiger partial charge < -0.3 is 5.73 Å². The lowest BCUT2D eigenvalue weighted by molar-refractivity contribution is -0.384. The Labute approximate surface area is 95.1 Å². The van der Waals surface area contributed by atoms with Gasteiger partial charge in [-0.05, 0) is 6.07 Å². The summed E-state index contributed by atoms with van der Waals surface area (Å²) < 4.78 is 1.14. The van der Waals surface area contributed by atoms with Crippen molar-refractivity contribution in [1.29, 1.82) is 5.26 Å². The molecule has 8 nitrogen and oxygen atoms in total. The molecule has 0 saturated carbocycles. The fourth-order valence-corrected chi connectivity index (χ4v) is 1.33. The van der Waals surface area contributed by atoms with Gasteiger partial charge in [-0.3, -0.25) is 15.1 Å². The van der Waals surface area contributed by atoms with E-state index in [4.69, 9.17) is 11.0 Å². The lowest BCUT2D eigenvalue weighted by Gasteiger charge is -2.03. The maximum Gasteiger partial charge on any atom is 0.313 e. The number of hydrogen-bond donors (Lipinski definition) is 1. The van der Waals surface area contributed by atoms with E-state index >= 15 is 0 Å². The first-order valence-electron chi connectivity index (χ1n) is 4.47. The predicted octanol–water partition coefficient (Wildman–Crippen LogP) is 0.629. The van der Waals surface area contributed by atoms with E-state index < -0.39 is 4.92 Å². The highest BCUT2D eigenvalue weighted by atomic mass is 16.6. The van der Waals surface area contributed by atoms with Crippen LogP contribution in [0.3, 0.4) is 0 Å². The lowest BCUT2D eigenvalue weighted by Crippen LogP contribution is -2.05. The van der Waals surface area contributed by atoms with Crippen LogP contribution in [0.25, 0.3) is 5.69 Å². The van der Waals surface area contributed by atoms with Gasteiger partial charge in [0.2, 0.25) is 0 Å². The van der Waals surface area contributed by atoms with E-state index in [0.717, 1.165) is 10.9 Å². The Morgan fingerprint density at radius 1 is 1.53 bits per heavy atom. The summed E-state index contributed by atoms with van der Waals surface area (Å²) in [4.78, 5) is 13.9. The minimum absolute atomic E-state index is 0.0572. The molecule has 0 aromatic carbocycles. The number of rotatable bonds is 2. The van der Waals surface area contributed by atoms with Gasteiger partial charge in [0, 0.05) is 6.20 Å². The van der Waals surface area contributed by atoms with Crippen LogP contribution in [0.1, 0.15) is 5.56 Å². The quantitative estimate of drug-likeness (QED) is 0.595. The smallest absolute Gasteiger partial charge is 0.313 e. The van der Waals surface area contributed by atoms with Gasteiger partial charge in [0.05, 0.1) is 11.1 Å². The van der Waals surface area contributed by atoms with Crippen molar-refractivity contribution in [3.63, 3.8) is 0 Å². The van der Waals surface area contributed by atoms with Crippen molar-refractivity contribution in [3.05, 3.63) is 40.3 Å². The molecule has 0 aliphatic rings. The molecule has 0 unspecified atom stereocenters. The van der Waals surface area contributed by atoms with Crippen molar-refractivity contribution in [1.82, 2.24) is 14.8 Å². The molecular weight excluding hydrogens is 224 g/mol. The zero-order valence-electron chi connectivity index (χ0n) is 8.44. The van der Waals surface area contributed by atoms with Gasteiger partial charge in [-0.2, -0.15) is 10.4 Å². The van der Waals surface area contributed by atoms with Crippen LogP contribution in [0, 0.1) is 21.4 Å². The van der Waals surface area contributed by atoms with Crippen LogP contribution in [0.5, 0.6) is 0 Å². The number of anilines is 1. The highest BCUT2D eigenvalue weighted by Crippen LogP contribution is 2.24. The Kier molecular flexibility index (Phi) is 2.42. The Hall–Kier alpha value is -2.95. The molecule has 0 atom stereocenters. The van der Waals surface area contributed by atoms with Crippen molar-refractivity contribution < 1.29 is 4.92 Å². The number of nitro groups is 1. The summed E-state index contributed by atoms with van der Waals surface area (Å²) in [6, 6.07) is 3.25. The van der Waals surface area contributed by atoms with E-state index in [2.05, 4.69) is 10.1 Å². The van der Waals surface area contributed by atoms with Crippen LogP contribution in [-0.4, -0.2) is 19.7 Å². The highest BCUT2D eigenvalue weighted by Gasteiger charge is 2.18. The van der Waals surface area contributed by atoms with Crippen molar-refractivity contribution in [2.24, 2.45) is 0 Å². The highest BCUT2D eigenvalue weighted by molar-refractivity contribution is 5.58. The summed E-state index contributed by atoms with van der Waals surface area (Å²) in [6.07, 6.45) is 3.73. The minimum Gasteiger partial charge on any atom is -0.382 e. The molecule has 2 rings (SSSR count). The Morgan fingerprint density at radius 3 is 2.88 bits per heavy atom. The number of pyridine rings is 1. The molecule has 0 spiro atoms. The number of nitrogens with two attached hydrogens (primary N) is 1. The largest absolute Gasteiger partial charge is 0.382 e. The SMILES string of the molecule is N#Cc1cnn(-c2ccncc2[N+](=O)[O-])c1N. The van der Waals surface area contributed by atoms with Crippen molar-refractivity contribution in [3.8, 4) is 11.8 Å². The summed E-state index contributed by atoms with van der Waals surface area (Å²) in [5, 5.41) is 23.4. The van der Waals surface area contributed by atoms with Crippen LogP contribution >= 0.6 is 0 Å². The Morgan fingerprint density at radius 2 is 2.29 bits per heavy atom. The van der Waals surface area contributed by atoms with Crippen LogP contribution < -0.4 is 5.73 Å². The van der Waals surface area contributed by atoms with Crippen molar-refractivity contribution >= 4 is 11.5 Å². The summed E-state index contributed by atoms with van der Waals surface area (Å²) >= 11 is 0. The summed E-state index contributed by atoms with van der Waals surface area (Å²) in [6.45, 7) is 0. The molecular formula is C9H6N6O2. The first-order chi connectivity index (χ1) is 8.15. The average molecular weight is 230 g/mol. The molecule has 2 aromatic rings. The zero-order valence-corrected chi connectivity index (χ0v) is 8.44. The van der Waals surface area contributed by atoms with Gasteiger partial charge in [-0.1, -0.05) is 0 Å². The maximum atomic E-state index is 10.8. The second-order valence-corrected chi connectivity index (χ2v) is 3.09. The van der Waals surface area contributed by atoms with Crippen molar-refractivity contribution in [2.45, 2.75) is 0 Å². The first kappa shape index (κ1) is 10.6. The van der Waals surface area contributed by atoms with Crippen LogP contribution in [0.2, 0.25) is 0 Å². The summed E-state index contributed by atoms with van der Waals surface area (Å²) in [5.74, 6) is 0.0572. The molecule has 0 aliphatic carbocycles. The Balaban J connectivity index is 2.65. The number of nitriles is 1. The molecule has 2 N–H and O–H groups in total. The molecule has 8 heteroatoms. The number of nitrogen functional groups attached to an aromatic ring is 1. The molecule has 84 valence electrons. The second kappa shape index (κ2) is 3.90. The van der Waals surface area contributed by atoms with E-state index in [1.807, 2.05) is 6.07 Å². The Bertz CT molecular complexity index is 627. The van der Waals surface area contributed by atoms with Crippen molar-refractivity contribution in [2.75, 3.05) is 5.73 Å². The standard InChI is InChI=1S/C9H6N6O2/c10-3-6-4-13-14(9(6)11)7-1-2-12-5-8(7)15(16)17/h1-2,4-5H,11H2. The van der Waals surface area contributed by atoms with Crippen LogP contribution in [-0.2, 0) is 0 Å². The fraction of sp³-hybridized carbons (Fsp3) is 0. The number of aromatic nitrogens is 3. The molecule has 0 radical (unpaired) electrons. The first-order valence-corrected chi connectivity index (χ1v) is 4.47. The summed E-state index contributed by atoms with van der Waals surface area (Å²) in [7, 11) is 0. The predicted molar refractivity (Wildman–Crippen MR) is 57.1 cm³/mol. The number of nitrogens with zero attached hydrogens (tertiary/aromatic N) is 5. The molecule has 0 amide bonds. The van der Waals surface area contributed by atoms with Gasteiger partial charge in [-0.25, -0.2) is 4.68 Å². The normalized spacial score (nSPS) is 9.82. The fourth-order valence-electron chi connectivity index (χ4n) is 1.33. The average Bonchev–Trinajstić information content (AvgIpc) is 2.70. The van der Waals surface area contributed by atoms with Crippen LogP contribution in [0.15, 0.2) is 24.7 Å². The zero-order chi connectivity index (χ0) is 12.4. The molecule has 0 saturated heterocycles. The molecule has 0 aliphatic heterocycles. The molecule has 2 aromatic heterocycles. The molecule has 0 bridgehead atoms. The van der Waals surface area contributed by atoms with Gasteiger partial charge >= 0.3 is 5.69 Å².